The number of aliphatic hydroxyl groups is 1. The Morgan fingerprint density at radius 2 is 1.59 bits per heavy atom. The maximum atomic E-state index is 13.5. The van der Waals surface area contributed by atoms with Crippen LogP contribution in [0.25, 0.3) is 44.7 Å². The molecule has 0 radical (unpaired) electrons. The lowest BCUT2D eigenvalue weighted by molar-refractivity contribution is 0.197. The van der Waals surface area contributed by atoms with E-state index in [1.54, 1.807) is 16.8 Å². The smallest absolute Gasteiger partial charge is 0.136 e. The van der Waals surface area contributed by atoms with Gasteiger partial charge in [-0.1, -0.05) is 48.5 Å². The van der Waals surface area contributed by atoms with E-state index in [1.165, 1.54) is 12.1 Å². The molecule has 2 aromatic heterocycles. The van der Waals surface area contributed by atoms with Gasteiger partial charge in [0.25, 0.3) is 0 Å². The largest absolute Gasteiger partial charge is 0.374 e. The molecule has 3 aromatic carbocycles. The summed E-state index contributed by atoms with van der Waals surface area (Å²) in [7, 11) is 0. The summed E-state index contributed by atoms with van der Waals surface area (Å²) in [6, 6.07) is 26.2. The predicted octanol–water partition coefficient (Wildman–Crippen LogP) is 5.45. The Morgan fingerprint density at radius 3 is 2.34 bits per heavy atom. The number of nitrogens with zero attached hydrogens (tertiary/aromatic N) is 2. The first kappa shape index (κ1) is 17.4. The number of halogens is 1. The zero-order valence-corrected chi connectivity index (χ0v) is 15.5. The van der Waals surface area contributed by atoms with Gasteiger partial charge in [0, 0.05) is 22.0 Å². The fourth-order valence-corrected chi connectivity index (χ4v) is 3.72. The maximum Gasteiger partial charge on any atom is 0.136 e. The fraction of sp³-hybridized carbons (Fsp3) is 0.0417. The summed E-state index contributed by atoms with van der Waals surface area (Å²) in [5, 5.41) is 15.6. The van der Waals surface area contributed by atoms with Crippen molar-refractivity contribution in [2.75, 3.05) is 0 Å². The van der Waals surface area contributed by atoms with E-state index in [2.05, 4.69) is 10.1 Å². The number of rotatable bonds is 4. The van der Waals surface area contributed by atoms with Crippen LogP contribution in [0.4, 0.5) is 4.39 Å². The molecule has 0 aliphatic carbocycles. The highest BCUT2D eigenvalue weighted by molar-refractivity contribution is 6.03. The van der Waals surface area contributed by atoms with E-state index < -0.39 is 0 Å². The summed E-state index contributed by atoms with van der Waals surface area (Å²) in [4.78, 5) is 3.45. The molecule has 0 spiro atoms. The Labute approximate surface area is 166 Å². The minimum absolute atomic E-state index is 0.246. The van der Waals surface area contributed by atoms with Crippen molar-refractivity contribution < 1.29 is 9.50 Å². The number of benzene rings is 3. The Balaban J connectivity index is 1.78. The van der Waals surface area contributed by atoms with Gasteiger partial charge in [-0.2, -0.15) is 5.10 Å². The minimum Gasteiger partial charge on any atom is -0.374 e. The van der Waals surface area contributed by atoms with Gasteiger partial charge in [-0.15, -0.1) is 0 Å². The van der Waals surface area contributed by atoms with E-state index in [-0.39, 0.29) is 12.5 Å². The Morgan fingerprint density at radius 1 is 0.862 bits per heavy atom. The molecule has 2 N–H and O–H groups in total. The van der Waals surface area contributed by atoms with Crippen LogP contribution in [-0.2, 0) is 6.73 Å². The Kier molecular flexibility index (Phi) is 4.22. The van der Waals surface area contributed by atoms with Crippen molar-refractivity contribution in [1.29, 1.82) is 0 Å². The lowest BCUT2D eigenvalue weighted by Gasteiger charge is -2.07. The van der Waals surface area contributed by atoms with E-state index in [0.29, 0.717) is 0 Å². The predicted molar refractivity (Wildman–Crippen MR) is 113 cm³/mol. The first-order valence-electron chi connectivity index (χ1n) is 9.36. The monoisotopic (exact) mass is 383 g/mol. The van der Waals surface area contributed by atoms with Crippen LogP contribution in [0.1, 0.15) is 0 Å². The highest BCUT2D eigenvalue weighted by Crippen LogP contribution is 2.39. The number of nitrogens with one attached hydrogen (secondary N) is 1. The number of aliphatic hydroxyl groups excluding tert-OH is 1. The molecule has 0 bridgehead atoms. The van der Waals surface area contributed by atoms with Crippen LogP contribution in [-0.4, -0.2) is 19.9 Å². The van der Waals surface area contributed by atoms with Crippen LogP contribution in [0.2, 0.25) is 0 Å². The van der Waals surface area contributed by atoms with Gasteiger partial charge in [0.2, 0.25) is 0 Å². The summed E-state index contributed by atoms with van der Waals surface area (Å²) in [6.45, 7) is -0.246. The van der Waals surface area contributed by atoms with Gasteiger partial charge >= 0.3 is 0 Å². The molecule has 2 heterocycles. The summed E-state index contributed by atoms with van der Waals surface area (Å²) < 4.78 is 15.1. The van der Waals surface area contributed by atoms with Crippen LogP contribution in [0.15, 0.2) is 84.9 Å². The van der Waals surface area contributed by atoms with E-state index in [9.17, 15) is 9.50 Å². The summed E-state index contributed by atoms with van der Waals surface area (Å²) >= 11 is 0. The second-order valence-corrected chi connectivity index (χ2v) is 6.85. The summed E-state index contributed by atoms with van der Waals surface area (Å²) in [5.41, 5.74) is 6.17. The topological polar surface area (TPSA) is 53.8 Å². The number of hydrogen-bond donors (Lipinski definition) is 2. The van der Waals surface area contributed by atoms with Crippen molar-refractivity contribution in [1.82, 2.24) is 14.8 Å². The third-order valence-corrected chi connectivity index (χ3v) is 5.08. The molecular formula is C24H18FN3O. The van der Waals surface area contributed by atoms with Gasteiger partial charge < -0.3 is 10.1 Å². The number of aromatic amines is 1. The summed E-state index contributed by atoms with van der Waals surface area (Å²) in [5.74, 6) is -0.279. The molecule has 0 amide bonds. The molecule has 5 aromatic rings. The van der Waals surface area contributed by atoms with E-state index >= 15 is 0 Å². The van der Waals surface area contributed by atoms with Crippen molar-refractivity contribution in [2.24, 2.45) is 0 Å². The van der Waals surface area contributed by atoms with Crippen molar-refractivity contribution in [3.63, 3.8) is 0 Å². The second kappa shape index (κ2) is 7.04. The minimum atomic E-state index is -0.279. The molecule has 4 nitrogen and oxygen atoms in total. The fourth-order valence-electron chi connectivity index (χ4n) is 3.72. The van der Waals surface area contributed by atoms with Crippen molar-refractivity contribution in [3.8, 4) is 33.8 Å². The second-order valence-electron chi connectivity index (χ2n) is 6.85. The van der Waals surface area contributed by atoms with Crippen molar-refractivity contribution in [3.05, 3.63) is 90.7 Å². The van der Waals surface area contributed by atoms with E-state index in [4.69, 9.17) is 0 Å². The lowest BCUT2D eigenvalue weighted by Crippen LogP contribution is -2.01. The number of fused-ring (bicyclic) bond motifs is 1. The molecule has 5 heteroatoms. The zero-order chi connectivity index (χ0) is 19.8. The Hall–Kier alpha value is -3.70. The lowest BCUT2D eigenvalue weighted by atomic mass is 10.0. The summed E-state index contributed by atoms with van der Waals surface area (Å²) in [6.07, 6.45) is 0. The molecule has 0 aliphatic heterocycles. The molecule has 29 heavy (non-hydrogen) atoms. The van der Waals surface area contributed by atoms with Gasteiger partial charge in [-0.25, -0.2) is 9.07 Å². The van der Waals surface area contributed by atoms with Crippen LogP contribution >= 0.6 is 0 Å². The quantitative estimate of drug-likeness (QED) is 0.433. The third kappa shape index (κ3) is 3.02. The Bertz CT molecular complexity index is 1290. The van der Waals surface area contributed by atoms with Gasteiger partial charge in [-0.3, -0.25) is 0 Å². The molecule has 0 saturated heterocycles. The van der Waals surface area contributed by atoms with Crippen LogP contribution in [0.5, 0.6) is 0 Å². The molecule has 5 rings (SSSR count). The van der Waals surface area contributed by atoms with E-state index in [1.807, 2.05) is 60.7 Å². The van der Waals surface area contributed by atoms with Crippen LogP contribution < -0.4 is 0 Å². The third-order valence-electron chi connectivity index (χ3n) is 5.08. The standard InChI is InChI=1S/C24H18FN3O/c25-18-12-10-17(11-13-18)24-23(19-8-4-5-9-20(19)26-24)22-14-21(27-28(22)15-29)16-6-2-1-3-7-16/h1-14,26,29H,15H2. The highest BCUT2D eigenvalue weighted by atomic mass is 19.1. The molecular weight excluding hydrogens is 365 g/mol. The molecule has 0 unspecified atom stereocenters. The average Bonchev–Trinajstić information content (AvgIpc) is 3.36. The van der Waals surface area contributed by atoms with Crippen LogP contribution in [0, 0.1) is 5.82 Å². The van der Waals surface area contributed by atoms with Gasteiger partial charge in [0.1, 0.15) is 12.5 Å². The number of para-hydroxylation sites is 1. The molecule has 0 saturated carbocycles. The normalized spacial score (nSPS) is 11.2. The number of H-pyrrole nitrogens is 1. The van der Waals surface area contributed by atoms with Crippen molar-refractivity contribution >= 4 is 10.9 Å². The van der Waals surface area contributed by atoms with Gasteiger partial charge in [0.15, 0.2) is 0 Å². The average molecular weight is 383 g/mol. The maximum absolute atomic E-state index is 13.5. The molecule has 0 aliphatic rings. The molecule has 0 atom stereocenters. The molecule has 142 valence electrons. The first-order chi connectivity index (χ1) is 14.2. The van der Waals surface area contributed by atoms with Crippen LogP contribution in [0.3, 0.4) is 0 Å². The van der Waals surface area contributed by atoms with Crippen molar-refractivity contribution in [2.45, 2.75) is 6.73 Å². The number of hydrogen-bond acceptors (Lipinski definition) is 2. The van der Waals surface area contributed by atoms with Gasteiger partial charge in [0.05, 0.1) is 17.1 Å². The van der Waals surface area contributed by atoms with Gasteiger partial charge in [-0.05, 0) is 42.0 Å². The SMILES string of the molecule is OCn1nc(-c2ccccc2)cc1-c1c(-c2ccc(F)cc2)[nH]c2ccccc12. The highest BCUT2D eigenvalue weighted by Gasteiger charge is 2.20. The first-order valence-corrected chi connectivity index (χ1v) is 9.36. The number of aromatic nitrogens is 3. The zero-order valence-electron chi connectivity index (χ0n) is 15.5. The molecule has 0 fully saturated rings. The van der Waals surface area contributed by atoms with E-state index in [0.717, 1.165) is 44.7 Å².